The van der Waals surface area contributed by atoms with E-state index < -0.39 is 5.56 Å². The molecule has 0 unspecified atom stereocenters. The normalized spacial score (nSPS) is 10.4. The molecule has 3 nitrogen and oxygen atoms in total. The van der Waals surface area contributed by atoms with Gasteiger partial charge in [-0.2, -0.15) is 9.78 Å². The van der Waals surface area contributed by atoms with Crippen molar-refractivity contribution in [2.75, 3.05) is 0 Å². The number of hydrogen-bond donors (Lipinski definition) is 0. The fourth-order valence-electron chi connectivity index (χ4n) is 1.22. The molecule has 0 aliphatic carbocycles. The molecule has 16 heavy (non-hydrogen) atoms. The Balaban J connectivity index is 2.75. The average molecular weight is 276 g/mol. The molecule has 0 aliphatic rings. The van der Waals surface area contributed by atoms with Gasteiger partial charge in [0.2, 0.25) is 0 Å². The van der Waals surface area contributed by atoms with Crippen LogP contribution in [0.4, 0.5) is 0 Å². The van der Waals surface area contributed by atoms with E-state index >= 15 is 0 Å². The van der Waals surface area contributed by atoms with Gasteiger partial charge in [0, 0.05) is 6.07 Å². The molecule has 1 aromatic heterocycles. The Bertz CT molecular complexity index is 595. The molecule has 2 aromatic rings. The van der Waals surface area contributed by atoms with Crippen LogP contribution < -0.4 is 5.56 Å². The summed E-state index contributed by atoms with van der Waals surface area (Å²) in [7, 11) is 0. The molecule has 0 saturated carbocycles. The molecule has 0 saturated heterocycles. The Kier molecular flexibility index (Phi) is 3.19. The summed E-state index contributed by atoms with van der Waals surface area (Å²) in [5, 5.41) is 4.39. The van der Waals surface area contributed by atoms with Crippen LogP contribution in [0.3, 0.4) is 0 Å². The van der Waals surface area contributed by atoms with E-state index in [1.807, 2.05) is 0 Å². The van der Waals surface area contributed by atoms with Crippen molar-refractivity contribution < 1.29 is 0 Å². The van der Waals surface area contributed by atoms with Crippen LogP contribution in [0.25, 0.3) is 5.69 Å². The first kappa shape index (κ1) is 11.5. The molecule has 2 rings (SSSR count). The van der Waals surface area contributed by atoms with Crippen LogP contribution >= 0.6 is 34.8 Å². The first-order valence-corrected chi connectivity index (χ1v) is 5.43. The molecule has 82 valence electrons. The van der Waals surface area contributed by atoms with E-state index in [0.29, 0.717) is 10.7 Å². The first-order chi connectivity index (χ1) is 7.59. The van der Waals surface area contributed by atoms with E-state index in [-0.39, 0.29) is 10.2 Å². The fourth-order valence-corrected chi connectivity index (χ4v) is 1.86. The second-order valence-electron chi connectivity index (χ2n) is 2.98. The minimum atomic E-state index is -0.459. The molecule has 0 spiro atoms. The van der Waals surface area contributed by atoms with Crippen molar-refractivity contribution in [1.29, 1.82) is 0 Å². The van der Waals surface area contributed by atoms with Gasteiger partial charge >= 0.3 is 0 Å². The summed E-state index contributed by atoms with van der Waals surface area (Å²) in [6.45, 7) is 0. The summed E-state index contributed by atoms with van der Waals surface area (Å²) < 4.78 is 1.08. The maximum Gasteiger partial charge on any atom is 0.290 e. The highest BCUT2D eigenvalue weighted by Gasteiger charge is 2.09. The largest absolute Gasteiger partial charge is 0.290 e. The van der Waals surface area contributed by atoms with Gasteiger partial charge in [0.05, 0.1) is 10.7 Å². The van der Waals surface area contributed by atoms with Gasteiger partial charge in [0.25, 0.3) is 5.56 Å². The van der Waals surface area contributed by atoms with Crippen LogP contribution in [-0.4, -0.2) is 9.78 Å². The topological polar surface area (TPSA) is 34.9 Å². The van der Waals surface area contributed by atoms with Crippen LogP contribution in [0.1, 0.15) is 0 Å². The maximum absolute atomic E-state index is 11.7. The highest BCUT2D eigenvalue weighted by atomic mass is 35.5. The quantitative estimate of drug-likeness (QED) is 0.801. The average Bonchev–Trinajstić information content (AvgIpc) is 2.24. The molecule has 0 aliphatic heterocycles. The lowest BCUT2D eigenvalue weighted by atomic mass is 10.3. The van der Waals surface area contributed by atoms with Gasteiger partial charge in [0.15, 0.2) is 5.15 Å². The van der Waals surface area contributed by atoms with Crippen molar-refractivity contribution in [1.82, 2.24) is 9.78 Å². The zero-order valence-electron chi connectivity index (χ0n) is 7.82. The number of nitrogens with zero attached hydrogens (tertiary/aromatic N) is 2. The van der Waals surface area contributed by atoms with Gasteiger partial charge < -0.3 is 0 Å². The number of hydrogen-bond acceptors (Lipinski definition) is 2. The lowest BCUT2D eigenvalue weighted by Gasteiger charge is -2.06. The highest BCUT2D eigenvalue weighted by molar-refractivity contribution is 6.34. The maximum atomic E-state index is 11.7. The Morgan fingerprint density at radius 2 is 1.75 bits per heavy atom. The van der Waals surface area contributed by atoms with E-state index in [0.717, 1.165) is 4.68 Å². The molecule has 1 heterocycles. The van der Waals surface area contributed by atoms with Gasteiger partial charge in [0.1, 0.15) is 5.02 Å². The van der Waals surface area contributed by atoms with Gasteiger partial charge in [-0.15, -0.1) is 0 Å². The fraction of sp³-hybridized carbons (Fsp3) is 0. The molecule has 6 heteroatoms. The highest BCUT2D eigenvalue weighted by Crippen LogP contribution is 2.19. The molecule has 0 radical (unpaired) electrons. The van der Waals surface area contributed by atoms with E-state index in [9.17, 15) is 4.79 Å². The van der Waals surface area contributed by atoms with E-state index in [1.165, 1.54) is 6.07 Å². The van der Waals surface area contributed by atoms with Gasteiger partial charge in [-0.05, 0) is 12.1 Å². The molecule has 0 amide bonds. The van der Waals surface area contributed by atoms with Crippen molar-refractivity contribution in [2.45, 2.75) is 0 Å². The summed E-state index contributed by atoms with van der Waals surface area (Å²) in [6.07, 6.45) is 0. The van der Waals surface area contributed by atoms with Crippen LogP contribution in [0, 0.1) is 0 Å². The molecule has 0 atom stereocenters. The SMILES string of the molecule is O=c1c(Cl)cc(Cl)nn1-c1ccccc1Cl. The third-order valence-corrected chi connectivity index (χ3v) is 2.69. The smallest absolute Gasteiger partial charge is 0.266 e. The summed E-state index contributed by atoms with van der Waals surface area (Å²) in [6, 6.07) is 8.09. The summed E-state index contributed by atoms with van der Waals surface area (Å²) in [5.74, 6) is 0. The molecule has 0 fully saturated rings. The second-order valence-corrected chi connectivity index (χ2v) is 4.19. The lowest BCUT2D eigenvalue weighted by molar-refractivity contribution is 0.808. The van der Waals surface area contributed by atoms with Crippen LogP contribution in [0.2, 0.25) is 15.2 Å². The Morgan fingerprint density at radius 3 is 2.44 bits per heavy atom. The lowest BCUT2D eigenvalue weighted by Crippen LogP contribution is -2.21. The Morgan fingerprint density at radius 1 is 1.06 bits per heavy atom. The molecule has 0 bridgehead atoms. The van der Waals surface area contributed by atoms with Crippen molar-refractivity contribution in [3.05, 3.63) is 55.9 Å². The molecular formula is C10H5Cl3N2O. The zero-order valence-corrected chi connectivity index (χ0v) is 10.1. The van der Waals surface area contributed by atoms with Crippen molar-refractivity contribution in [2.24, 2.45) is 0 Å². The summed E-state index contributed by atoms with van der Waals surface area (Å²) >= 11 is 17.4. The summed E-state index contributed by atoms with van der Waals surface area (Å²) in [5.41, 5.74) is -0.0160. The first-order valence-electron chi connectivity index (χ1n) is 4.30. The number of benzene rings is 1. The number of halogens is 3. The third kappa shape index (κ3) is 2.07. The van der Waals surface area contributed by atoms with Gasteiger partial charge in [-0.25, -0.2) is 0 Å². The third-order valence-electron chi connectivity index (χ3n) is 1.92. The van der Waals surface area contributed by atoms with Crippen molar-refractivity contribution >= 4 is 34.8 Å². The molecular weight excluding hydrogens is 270 g/mol. The number of aromatic nitrogens is 2. The number of para-hydroxylation sites is 1. The van der Waals surface area contributed by atoms with E-state index in [4.69, 9.17) is 34.8 Å². The predicted octanol–water partition coefficient (Wildman–Crippen LogP) is 3.19. The number of rotatable bonds is 1. The minimum absolute atomic E-state index is 0.0000743. The van der Waals surface area contributed by atoms with Crippen LogP contribution in [-0.2, 0) is 0 Å². The van der Waals surface area contributed by atoms with Crippen LogP contribution in [0.15, 0.2) is 35.1 Å². The van der Waals surface area contributed by atoms with Crippen molar-refractivity contribution in [3.8, 4) is 5.69 Å². The molecule has 1 aromatic carbocycles. The predicted molar refractivity (Wildman–Crippen MR) is 64.9 cm³/mol. The monoisotopic (exact) mass is 274 g/mol. The van der Waals surface area contributed by atoms with Crippen LogP contribution in [0.5, 0.6) is 0 Å². The van der Waals surface area contributed by atoms with Gasteiger partial charge in [-0.3, -0.25) is 4.79 Å². The minimum Gasteiger partial charge on any atom is -0.266 e. The second kappa shape index (κ2) is 4.45. The van der Waals surface area contributed by atoms with Crippen molar-refractivity contribution in [3.63, 3.8) is 0 Å². The standard InChI is InChI=1S/C10H5Cl3N2O/c11-6-3-1-2-4-8(6)15-10(16)7(12)5-9(13)14-15/h1-5H. The zero-order chi connectivity index (χ0) is 11.7. The van der Waals surface area contributed by atoms with E-state index in [2.05, 4.69) is 5.10 Å². The van der Waals surface area contributed by atoms with Gasteiger partial charge in [-0.1, -0.05) is 46.9 Å². The Hall–Kier alpha value is -1.03. The molecule has 0 N–H and O–H groups in total. The van der Waals surface area contributed by atoms with E-state index in [1.54, 1.807) is 24.3 Å². The Labute approximate surface area is 106 Å². The summed E-state index contributed by atoms with van der Waals surface area (Å²) in [4.78, 5) is 11.7.